The highest BCUT2D eigenvalue weighted by atomic mass is 35.5. The molecule has 0 aliphatic rings. The number of hydrogen-bond acceptors (Lipinski definition) is 3. The number of amides is 1. The number of nitrogens with one attached hydrogen (secondary N) is 1. The molecule has 0 heterocycles. The van der Waals surface area contributed by atoms with Crippen molar-refractivity contribution in [1.82, 2.24) is 10.2 Å². The topological polar surface area (TPSA) is 56.1 Å². The maximum atomic E-state index is 14.2. The molecule has 1 N–H and O–H groups in total. The van der Waals surface area contributed by atoms with Crippen molar-refractivity contribution in [3.05, 3.63) is 76.1 Å². The average Bonchev–Trinajstić information content (AvgIpc) is 2.62. The maximum absolute atomic E-state index is 14.2. The molecule has 0 spiro atoms. The summed E-state index contributed by atoms with van der Waals surface area (Å²) in [6.45, 7) is 0.212. The molecule has 134 valence electrons. The van der Waals surface area contributed by atoms with Crippen LogP contribution in [0, 0.1) is 17.1 Å². The summed E-state index contributed by atoms with van der Waals surface area (Å²) in [6.07, 6.45) is 3.05. The maximum Gasteiger partial charge on any atom is 0.244 e. The normalized spacial score (nSPS) is 12.2. The predicted molar refractivity (Wildman–Crippen MR) is 101 cm³/mol. The lowest BCUT2D eigenvalue weighted by molar-refractivity contribution is -0.116. The van der Waals surface area contributed by atoms with Crippen molar-refractivity contribution >= 4 is 23.6 Å². The number of carbonyl (C=O) groups is 1. The van der Waals surface area contributed by atoms with Crippen LogP contribution in [0.5, 0.6) is 0 Å². The van der Waals surface area contributed by atoms with E-state index in [1.54, 1.807) is 61.5 Å². The number of nitrogens with zero attached hydrogens (tertiary/aromatic N) is 2. The van der Waals surface area contributed by atoms with E-state index in [1.807, 2.05) is 6.07 Å². The van der Waals surface area contributed by atoms with Gasteiger partial charge in [-0.3, -0.25) is 4.79 Å². The van der Waals surface area contributed by atoms with E-state index in [1.165, 1.54) is 12.1 Å². The first-order valence-corrected chi connectivity index (χ1v) is 8.36. The molecule has 0 radical (unpaired) electrons. The van der Waals surface area contributed by atoms with Gasteiger partial charge in [0.2, 0.25) is 5.91 Å². The van der Waals surface area contributed by atoms with E-state index >= 15 is 0 Å². The van der Waals surface area contributed by atoms with Gasteiger partial charge in [0, 0.05) is 23.2 Å². The van der Waals surface area contributed by atoms with Crippen LogP contribution in [0.25, 0.3) is 6.08 Å². The average molecular weight is 372 g/mol. The fourth-order valence-electron chi connectivity index (χ4n) is 2.47. The molecule has 0 aliphatic carbocycles. The van der Waals surface area contributed by atoms with Crippen LogP contribution in [0.15, 0.2) is 48.5 Å². The van der Waals surface area contributed by atoms with E-state index in [-0.39, 0.29) is 12.5 Å². The van der Waals surface area contributed by atoms with Gasteiger partial charge < -0.3 is 10.2 Å². The molecular weight excluding hydrogens is 353 g/mol. The Morgan fingerprint density at radius 2 is 2.00 bits per heavy atom. The minimum absolute atomic E-state index is 0.212. The van der Waals surface area contributed by atoms with Crippen molar-refractivity contribution in [1.29, 1.82) is 5.26 Å². The molecule has 0 saturated carbocycles. The molecule has 0 aliphatic heterocycles. The second-order valence-electron chi connectivity index (χ2n) is 5.93. The van der Waals surface area contributed by atoms with E-state index in [0.29, 0.717) is 16.1 Å². The van der Waals surface area contributed by atoms with Crippen molar-refractivity contribution in [2.75, 3.05) is 20.6 Å². The van der Waals surface area contributed by atoms with Gasteiger partial charge >= 0.3 is 0 Å². The van der Waals surface area contributed by atoms with Gasteiger partial charge in [0.05, 0.1) is 17.7 Å². The zero-order valence-electron chi connectivity index (χ0n) is 14.5. The van der Waals surface area contributed by atoms with Gasteiger partial charge in [-0.05, 0) is 50.0 Å². The minimum Gasteiger partial charge on any atom is -0.351 e. The smallest absolute Gasteiger partial charge is 0.244 e. The van der Waals surface area contributed by atoms with E-state index in [4.69, 9.17) is 16.9 Å². The Kier molecular flexibility index (Phi) is 6.90. The number of hydrogen-bond donors (Lipinski definition) is 1. The Morgan fingerprint density at radius 1 is 1.31 bits per heavy atom. The highest BCUT2D eigenvalue weighted by Crippen LogP contribution is 2.28. The van der Waals surface area contributed by atoms with Gasteiger partial charge in [-0.25, -0.2) is 4.39 Å². The molecule has 1 amide bonds. The van der Waals surface area contributed by atoms with Crippen LogP contribution in [0.1, 0.15) is 22.7 Å². The number of carbonyl (C=O) groups excluding carboxylic acids is 1. The Bertz CT molecular complexity index is 821. The second kappa shape index (κ2) is 9.14. The van der Waals surface area contributed by atoms with E-state index in [2.05, 4.69) is 5.32 Å². The Morgan fingerprint density at radius 3 is 2.58 bits per heavy atom. The first-order valence-electron chi connectivity index (χ1n) is 7.98. The standard InChI is InChI=1S/C20H19ClFN3O/c1-25(2)18(20-16(21)4-3-5-17(20)22)13-24-19(26)11-10-14-6-8-15(12-23)9-7-14/h3-11,18H,13H2,1-2H3,(H,24,26)/b11-10+. The Hall–Kier alpha value is -2.68. The van der Waals surface area contributed by atoms with Gasteiger partial charge in [-0.2, -0.15) is 5.26 Å². The largest absolute Gasteiger partial charge is 0.351 e. The molecule has 0 saturated heterocycles. The summed E-state index contributed by atoms with van der Waals surface area (Å²) in [6, 6.07) is 13.0. The highest BCUT2D eigenvalue weighted by Gasteiger charge is 2.21. The van der Waals surface area contributed by atoms with Gasteiger partial charge in [0.1, 0.15) is 5.82 Å². The fraction of sp³-hybridized carbons (Fsp3) is 0.200. The lowest BCUT2D eigenvalue weighted by Crippen LogP contribution is -2.34. The van der Waals surface area contributed by atoms with Gasteiger partial charge in [0.25, 0.3) is 0 Å². The van der Waals surface area contributed by atoms with Gasteiger partial charge in [-0.15, -0.1) is 0 Å². The second-order valence-corrected chi connectivity index (χ2v) is 6.33. The van der Waals surface area contributed by atoms with Crippen LogP contribution in [0.3, 0.4) is 0 Å². The molecular formula is C20H19ClFN3O. The van der Waals surface area contributed by atoms with Crippen molar-refractivity contribution in [3.63, 3.8) is 0 Å². The molecule has 0 bridgehead atoms. The third-order valence-electron chi connectivity index (χ3n) is 3.89. The summed E-state index contributed by atoms with van der Waals surface area (Å²) in [5, 5.41) is 11.9. The molecule has 26 heavy (non-hydrogen) atoms. The van der Waals surface area contributed by atoms with Gasteiger partial charge in [-0.1, -0.05) is 29.8 Å². The molecule has 0 fully saturated rings. The van der Waals surface area contributed by atoms with Crippen LogP contribution in [0.2, 0.25) is 5.02 Å². The summed E-state index contributed by atoms with van der Waals surface area (Å²) in [5.41, 5.74) is 1.72. The van der Waals surface area contributed by atoms with Crippen LogP contribution in [-0.4, -0.2) is 31.4 Å². The number of nitriles is 1. The Labute approximate surface area is 157 Å². The van der Waals surface area contributed by atoms with Crippen LogP contribution in [0.4, 0.5) is 4.39 Å². The summed E-state index contributed by atoms with van der Waals surface area (Å²) in [5.74, 6) is -0.702. The highest BCUT2D eigenvalue weighted by molar-refractivity contribution is 6.31. The van der Waals surface area contributed by atoms with Crippen molar-refractivity contribution in [2.24, 2.45) is 0 Å². The molecule has 2 aromatic carbocycles. The zero-order valence-corrected chi connectivity index (χ0v) is 15.3. The third kappa shape index (κ3) is 5.16. The van der Waals surface area contributed by atoms with Crippen LogP contribution >= 0.6 is 11.6 Å². The molecule has 2 aromatic rings. The molecule has 4 nitrogen and oxygen atoms in total. The third-order valence-corrected chi connectivity index (χ3v) is 4.22. The molecule has 2 rings (SSSR count). The van der Waals surface area contributed by atoms with Crippen molar-refractivity contribution in [3.8, 4) is 6.07 Å². The number of halogens is 2. The summed E-state index contributed by atoms with van der Waals surface area (Å²) in [7, 11) is 3.60. The van der Waals surface area contributed by atoms with Crippen LogP contribution in [-0.2, 0) is 4.79 Å². The molecule has 6 heteroatoms. The Balaban J connectivity index is 2.03. The van der Waals surface area contributed by atoms with E-state index in [9.17, 15) is 9.18 Å². The number of rotatable bonds is 6. The van der Waals surface area contributed by atoms with Crippen LogP contribution < -0.4 is 5.32 Å². The molecule has 1 unspecified atom stereocenters. The van der Waals surface area contributed by atoms with Crippen molar-refractivity contribution in [2.45, 2.75) is 6.04 Å². The van der Waals surface area contributed by atoms with Gasteiger partial charge in [0.15, 0.2) is 0 Å². The lowest BCUT2D eigenvalue weighted by Gasteiger charge is -2.26. The SMILES string of the molecule is CN(C)C(CNC(=O)/C=C/c1ccc(C#N)cc1)c1c(F)cccc1Cl. The number of benzene rings is 2. The molecule has 1 atom stereocenters. The first-order chi connectivity index (χ1) is 12.4. The summed E-state index contributed by atoms with van der Waals surface area (Å²) in [4.78, 5) is 13.9. The monoisotopic (exact) mass is 371 g/mol. The quantitative estimate of drug-likeness (QED) is 0.786. The van der Waals surface area contributed by atoms with E-state index in [0.717, 1.165) is 5.56 Å². The number of likely N-dealkylation sites (N-methyl/N-ethyl adjacent to an activating group) is 1. The fourth-order valence-corrected chi connectivity index (χ4v) is 2.76. The van der Waals surface area contributed by atoms with E-state index < -0.39 is 11.9 Å². The van der Waals surface area contributed by atoms with Crippen molar-refractivity contribution < 1.29 is 9.18 Å². The first kappa shape index (κ1) is 19.6. The zero-order chi connectivity index (χ0) is 19.1. The lowest BCUT2D eigenvalue weighted by atomic mass is 10.0. The summed E-state index contributed by atoms with van der Waals surface area (Å²) >= 11 is 6.13. The minimum atomic E-state index is -0.404. The molecule has 0 aromatic heterocycles. The summed E-state index contributed by atoms with van der Waals surface area (Å²) < 4.78 is 14.2. The predicted octanol–water partition coefficient (Wildman–Crippen LogP) is 3.78.